The van der Waals surface area contributed by atoms with Gasteiger partial charge in [-0.15, -0.1) is 10.2 Å². The van der Waals surface area contributed by atoms with Gasteiger partial charge in [0.05, 0.1) is 0 Å². The molecule has 1 aromatic carbocycles. The van der Waals surface area contributed by atoms with Crippen molar-refractivity contribution >= 4 is 33.2 Å². The molecule has 0 aliphatic carbocycles. The molecule has 0 saturated heterocycles. The van der Waals surface area contributed by atoms with E-state index in [2.05, 4.69) is 22.4 Å². The fraction of sp³-hybridized carbons (Fsp3) is 0.400. The van der Waals surface area contributed by atoms with Crippen LogP contribution in [0.3, 0.4) is 0 Å². The van der Waals surface area contributed by atoms with E-state index in [0.29, 0.717) is 15.6 Å². The Labute approximate surface area is 136 Å². The topological polar surface area (TPSA) is 72.0 Å². The van der Waals surface area contributed by atoms with Crippen LogP contribution in [0.5, 0.6) is 0 Å². The Morgan fingerprint density at radius 3 is 2.59 bits per heavy atom. The molecule has 1 heterocycles. The van der Waals surface area contributed by atoms with E-state index in [1.807, 2.05) is 0 Å². The highest BCUT2D eigenvalue weighted by atomic mass is 32.2. The van der Waals surface area contributed by atoms with Gasteiger partial charge in [-0.25, -0.2) is 0 Å². The highest BCUT2D eigenvalue weighted by Crippen LogP contribution is 2.18. The summed E-state index contributed by atoms with van der Waals surface area (Å²) in [5, 5.41) is 12.3. The smallest absolute Gasteiger partial charge is 0.257 e. The second kappa shape index (κ2) is 8.14. The summed E-state index contributed by atoms with van der Waals surface area (Å²) in [7, 11) is -1.04. The number of hydrogen-bond donors (Lipinski definition) is 1. The van der Waals surface area contributed by atoms with E-state index < -0.39 is 10.8 Å². The van der Waals surface area contributed by atoms with E-state index in [4.69, 9.17) is 0 Å². The van der Waals surface area contributed by atoms with Crippen molar-refractivity contribution < 1.29 is 9.00 Å². The minimum atomic E-state index is -1.04. The lowest BCUT2D eigenvalue weighted by atomic mass is 10.2. The van der Waals surface area contributed by atoms with E-state index in [1.54, 1.807) is 30.5 Å². The summed E-state index contributed by atoms with van der Waals surface area (Å²) in [4.78, 5) is 12.8. The van der Waals surface area contributed by atoms with Crippen LogP contribution in [0, 0.1) is 0 Å². The number of carbonyl (C=O) groups excluding carboxylic acids is 1. The minimum Gasteiger partial charge on any atom is -0.296 e. The number of nitrogens with zero attached hydrogens (tertiary/aromatic N) is 2. The van der Waals surface area contributed by atoms with Gasteiger partial charge in [0.1, 0.15) is 5.01 Å². The summed E-state index contributed by atoms with van der Waals surface area (Å²) < 4.78 is 11.3. The van der Waals surface area contributed by atoms with Gasteiger partial charge in [0.15, 0.2) is 0 Å². The first-order valence-electron chi connectivity index (χ1n) is 7.17. The number of aryl methyl sites for hydroxylation is 1. The van der Waals surface area contributed by atoms with Crippen molar-refractivity contribution in [3.63, 3.8) is 0 Å². The standard InChI is InChI=1S/C15H19N3O2S2/c1-3-4-5-6-13-17-18-15(21-13)16-14(19)11-7-9-12(10-8-11)22(2)20/h7-10H,3-6H2,1-2H3,(H,16,18,19). The van der Waals surface area contributed by atoms with Crippen LogP contribution in [-0.2, 0) is 17.2 Å². The van der Waals surface area contributed by atoms with Crippen LogP contribution in [0.4, 0.5) is 5.13 Å². The summed E-state index contributed by atoms with van der Waals surface area (Å²) >= 11 is 1.41. The molecule has 0 spiro atoms. The molecule has 2 rings (SSSR count). The molecule has 1 amide bonds. The maximum atomic E-state index is 12.1. The van der Waals surface area contributed by atoms with Gasteiger partial charge in [0, 0.05) is 33.9 Å². The Kier molecular flexibility index (Phi) is 6.21. The van der Waals surface area contributed by atoms with E-state index in [1.165, 1.54) is 24.2 Å². The first kappa shape index (κ1) is 16.8. The summed E-state index contributed by atoms with van der Waals surface area (Å²) in [6.45, 7) is 2.16. The van der Waals surface area contributed by atoms with Gasteiger partial charge in [-0.1, -0.05) is 31.1 Å². The van der Waals surface area contributed by atoms with Crippen molar-refractivity contribution in [3.8, 4) is 0 Å². The van der Waals surface area contributed by atoms with Crippen LogP contribution in [0.15, 0.2) is 29.2 Å². The molecule has 2 aromatic rings. The highest BCUT2D eigenvalue weighted by Gasteiger charge is 2.10. The second-order valence-corrected chi connectivity index (χ2v) is 7.33. The Morgan fingerprint density at radius 1 is 1.23 bits per heavy atom. The van der Waals surface area contributed by atoms with Gasteiger partial charge in [0.25, 0.3) is 5.91 Å². The molecule has 1 N–H and O–H groups in total. The highest BCUT2D eigenvalue weighted by molar-refractivity contribution is 7.84. The predicted molar refractivity (Wildman–Crippen MR) is 89.9 cm³/mol. The third-order valence-electron chi connectivity index (χ3n) is 3.13. The van der Waals surface area contributed by atoms with Crippen LogP contribution in [-0.4, -0.2) is 26.6 Å². The summed E-state index contributed by atoms with van der Waals surface area (Å²) in [5.74, 6) is -0.232. The monoisotopic (exact) mass is 337 g/mol. The Balaban J connectivity index is 1.95. The number of benzene rings is 1. The van der Waals surface area contributed by atoms with Gasteiger partial charge >= 0.3 is 0 Å². The summed E-state index contributed by atoms with van der Waals surface area (Å²) in [6.07, 6.45) is 5.94. The van der Waals surface area contributed by atoms with Gasteiger partial charge < -0.3 is 0 Å². The molecule has 1 aromatic heterocycles. The fourth-order valence-electron chi connectivity index (χ4n) is 1.90. The molecule has 1 unspecified atom stereocenters. The van der Waals surface area contributed by atoms with E-state index in [-0.39, 0.29) is 5.91 Å². The molecule has 7 heteroatoms. The van der Waals surface area contributed by atoms with Crippen molar-refractivity contribution in [1.82, 2.24) is 10.2 Å². The maximum absolute atomic E-state index is 12.1. The Morgan fingerprint density at radius 2 is 1.95 bits per heavy atom. The number of aromatic nitrogens is 2. The third-order valence-corrected chi connectivity index (χ3v) is 4.96. The average molecular weight is 337 g/mol. The molecule has 0 bridgehead atoms. The zero-order valence-corrected chi connectivity index (χ0v) is 14.3. The number of amides is 1. The lowest BCUT2D eigenvalue weighted by Gasteiger charge is -2.02. The lowest BCUT2D eigenvalue weighted by Crippen LogP contribution is -2.11. The number of anilines is 1. The van der Waals surface area contributed by atoms with Crippen molar-refractivity contribution in [2.45, 2.75) is 37.5 Å². The number of hydrogen-bond acceptors (Lipinski definition) is 5. The van der Waals surface area contributed by atoms with Crippen molar-refractivity contribution in [3.05, 3.63) is 34.8 Å². The molecular formula is C15H19N3O2S2. The largest absolute Gasteiger partial charge is 0.296 e. The maximum Gasteiger partial charge on any atom is 0.257 e. The predicted octanol–water partition coefficient (Wildman–Crippen LogP) is 3.26. The number of nitrogens with one attached hydrogen (secondary N) is 1. The van der Waals surface area contributed by atoms with Crippen LogP contribution in [0.25, 0.3) is 0 Å². The van der Waals surface area contributed by atoms with Crippen molar-refractivity contribution in [2.24, 2.45) is 0 Å². The molecule has 0 fully saturated rings. The van der Waals surface area contributed by atoms with E-state index >= 15 is 0 Å². The van der Waals surface area contributed by atoms with Crippen molar-refractivity contribution in [2.75, 3.05) is 11.6 Å². The quantitative estimate of drug-likeness (QED) is 0.787. The van der Waals surface area contributed by atoms with Gasteiger partial charge in [-0.05, 0) is 30.7 Å². The SMILES string of the molecule is CCCCCc1nnc(NC(=O)c2ccc(S(C)=O)cc2)s1. The number of rotatable bonds is 7. The van der Waals surface area contributed by atoms with E-state index in [0.717, 1.165) is 17.8 Å². The third kappa shape index (κ3) is 4.71. The normalized spacial score (nSPS) is 12.1. The second-order valence-electron chi connectivity index (χ2n) is 4.89. The zero-order valence-electron chi connectivity index (χ0n) is 12.7. The first-order chi connectivity index (χ1) is 10.6. The van der Waals surface area contributed by atoms with Crippen LogP contribution in [0.2, 0.25) is 0 Å². The Bertz CT molecular complexity index is 653. The van der Waals surface area contributed by atoms with Gasteiger partial charge in [-0.2, -0.15) is 0 Å². The molecule has 22 heavy (non-hydrogen) atoms. The molecule has 0 radical (unpaired) electrons. The minimum absolute atomic E-state index is 0.232. The average Bonchev–Trinajstić information content (AvgIpc) is 2.95. The molecule has 0 aliphatic heterocycles. The number of carbonyl (C=O) groups is 1. The molecular weight excluding hydrogens is 318 g/mol. The molecule has 1 atom stereocenters. The molecule has 0 saturated carbocycles. The summed E-state index contributed by atoms with van der Waals surface area (Å²) in [5.41, 5.74) is 0.511. The lowest BCUT2D eigenvalue weighted by molar-refractivity contribution is 0.102. The zero-order chi connectivity index (χ0) is 15.9. The van der Waals surface area contributed by atoms with Crippen LogP contribution < -0.4 is 5.32 Å². The first-order valence-corrected chi connectivity index (χ1v) is 9.55. The fourth-order valence-corrected chi connectivity index (χ4v) is 3.19. The van der Waals surface area contributed by atoms with Gasteiger partial charge in [0.2, 0.25) is 5.13 Å². The van der Waals surface area contributed by atoms with Crippen molar-refractivity contribution in [1.29, 1.82) is 0 Å². The molecule has 5 nitrogen and oxygen atoms in total. The van der Waals surface area contributed by atoms with Crippen LogP contribution in [0.1, 0.15) is 41.6 Å². The number of unbranched alkanes of at least 4 members (excludes halogenated alkanes) is 2. The summed E-state index contributed by atoms with van der Waals surface area (Å²) in [6, 6.07) is 6.72. The Hall–Kier alpha value is -1.60. The van der Waals surface area contributed by atoms with Crippen LogP contribution >= 0.6 is 11.3 Å². The molecule has 0 aliphatic rings. The van der Waals surface area contributed by atoms with E-state index in [9.17, 15) is 9.00 Å². The van der Waals surface area contributed by atoms with Gasteiger partial charge in [-0.3, -0.25) is 14.3 Å². The molecule has 118 valence electrons.